The van der Waals surface area contributed by atoms with Crippen LogP contribution in [0.3, 0.4) is 0 Å². The maximum atomic E-state index is 12.7. The van der Waals surface area contributed by atoms with Gasteiger partial charge in [0.25, 0.3) is 10.2 Å². The van der Waals surface area contributed by atoms with Crippen LogP contribution in [-0.4, -0.2) is 44.4 Å². The van der Waals surface area contributed by atoms with E-state index in [1.165, 1.54) is 0 Å². The Kier molecular flexibility index (Phi) is 7.60. The third kappa shape index (κ3) is 5.20. The fraction of sp³-hybridized carbons (Fsp3) is 1.00. The monoisotopic (exact) mass is 319 g/mol. The van der Waals surface area contributed by atoms with E-state index in [4.69, 9.17) is 0 Å². The maximum absolute atomic E-state index is 12.7. The quantitative estimate of drug-likeness (QED) is 0.684. The highest BCUT2D eigenvalue weighted by Crippen LogP contribution is 2.24. The summed E-state index contributed by atoms with van der Waals surface area (Å²) in [5, 5.41) is 3.33. The molecule has 1 saturated heterocycles. The van der Waals surface area contributed by atoms with E-state index in [1.54, 1.807) is 4.31 Å². The lowest BCUT2D eigenvalue weighted by Gasteiger charge is -2.37. The topological polar surface area (TPSA) is 61.4 Å². The summed E-state index contributed by atoms with van der Waals surface area (Å²) in [4.78, 5) is 0. The highest BCUT2D eigenvalue weighted by molar-refractivity contribution is 7.87. The van der Waals surface area contributed by atoms with Gasteiger partial charge in [-0.2, -0.15) is 17.4 Å². The second kappa shape index (κ2) is 8.46. The first-order valence-electron chi connectivity index (χ1n) is 8.42. The molecule has 0 radical (unpaired) electrons. The summed E-state index contributed by atoms with van der Waals surface area (Å²) < 4.78 is 30.0. The number of nitrogens with one attached hydrogen (secondary N) is 2. The van der Waals surface area contributed by atoms with Crippen LogP contribution in [0.2, 0.25) is 0 Å². The molecule has 2 N–H and O–H groups in total. The Morgan fingerprint density at radius 3 is 2.29 bits per heavy atom. The number of rotatable bonds is 9. The van der Waals surface area contributed by atoms with Gasteiger partial charge in [-0.15, -0.1) is 0 Å². The van der Waals surface area contributed by atoms with Crippen molar-refractivity contribution < 1.29 is 8.42 Å². The van der Waals surface area contributed by atoms with E-state index in [0.29, 0.717) is 19.0 Å². The van der Waals surface area contributed by atoms with Gasteiger partial charge in [0.1, 0.15) is 0 Å². The molecule has 1 unspecified atom stereocenters. The predicted octanol–water partition coefficient (Wildman–Crippen LogP) is 2.11. The summed E-state index contributed by atoms with van der Waals surface area (Å²) in [6, 6.07) is 0. The molecule has 0 aliphatic carbocycles. The minimum absolute atomic E-state index is 0.298. The summed E-state index contributed by atoms with van der Waals surface area (Å²) in [5.74, 6) is 0.426. The SMILES string of the molecule is CCNCC1CCCN(S(=O)(=O)NC(CC)(CC)CC)C1. The third-order valence-corrected chi connectivity index (χ3v) is 6.58. The number of nitrogens with zero attached hydrogens (tertiary/aromatic N) is 1. The summed E-state index contributed by atoms with van der Waals surface area (Å²) in [5.41, 5.74) is -0.298. The van der Waals surface area contributed by atoms with Gasteiger partial charge in [-0.1, -0.05) is 27.7 Å². The molecule has 1 aliphatic heterocycles. The maximum Gasteiger partial charge on any atom is 0.279 e. The van der Waals surface area contributed by atoms with Crippen molar-refractivity contribution in [1.29, 1.82) is 0 Å². The number of hydrogen-bond donors (Lipinski definition) is 2. The van der Waals surface area contributed by atoms with Gasteiger partial charge in [0.2, 0.25) is 0 Å². The Balaban J connectivity index is 2.72. The zero-order valence-corrected chi connectivity index (χ0v) is 14.9. The Labute approximate surface area is 131 Å². The molecule has 0 spiro atoms. The van der Waals surface area contributed by atoms with Gasteiger partial charge in [-0.05, 0) is 51.1 Å². The van der Waals surface area contributed by atoms with Crippen LogP contribution in [0.15, 0.2) is 0 Å². The van der Waals surface area contributed by atoms with E-state index in [9.17, 15) is 8.42 Å². The van der Waals surface area contributed by atoms with Crippen molar-refractivity contribution >= 4 is 10.2 Å². The molecule has 0 aromatic heterocycles. The van der Waals surface area contributed by atoms with Gasteiger partial charge in [0.15, 0.2) is 0 Å². The molecule has 0 bridgehead atoms. The van der Waals surface area contributed by atoms with E-state index in [0.717, 1.165) is 45.2 Å². The van der Waals surface area contributed by atoms with Crippen molar-refractivity contribution in [1.82, 2.24) is 14.3 Å². The summed E-state index contributed by atoms with van der Waals surface area (Å²) in [6.07, 6.45) is 4.55. The number of piperidine rings is 1. The van der Waals surface area contributed by atoms with Crippen LogP contribution in [0.1, 0.15) is 59.8 Å². The van der Waals surface area contributed by atoms with Gasteiger partial charge >= 0.3 is 0 Å². The van der Waals surface area contributed by atoms with Crippen LogP contribution in [-0.2, 0) is 10.2 Å². The van der Waals surface area contributed by atoms with Crippen molar-refractivity contribution in [3.8, 4) is 0 Å². The Morgan fingerprint density at radius 2 is 1.76 bits per heavy atom. The molecule has 0 saturated carbocycles. The van der Waals surface area contributed by atoms with Crippen molar-refractivity contribution in [2.45, 2.75) is 65.3 Å². The average Bonchev–Trinajstić information content (AvgIpc) is 2.51. The van der Waals surface area contributed by atoms with E-state index in [2.05, 4.69) is 37.7 Å². The van der Waals surface area contributed by atoms with Gasteiger partial charge in [-0.3, -0.25) is 0 Å². The predicted molar refractivity (Wildman–Crippen MR) is 88.5 cm³/mol. The fourth-order valence-electron chi connectivity index (χ4n) is 3.06. The van der Waals surface area contributed by atoms with Crippen LogP contribution >= 0.6 is 0 Å². The Hall–Kier alpha value is -0.170. The lowest BCUT2D eigenvalue weighted by atomic mass is 9.91. The zero-order chi connectivity index (χ0) is 15.9. The van der Waals surface area contributed by atoms with Gasteiger partial charge in [-0.25, -0.2) is 0 Å². The molecule has 126 valence electrons. The normalized spacial score (nSPS) is 21.6. The molecule has 0 aromatic rings. The van der Waals surface area contributed by atoms with Crippen molar-refractivity contribution in [3.05, 3.63) is 0 Å². The first-order chi connectivity index (χ1) is 9.93. The van der Waals surface area contributed by atoms with Crippen molar-refractivity contribution in [2.75, 3.05) is 26.2 Å². The average molecular weight is 320 g/mol. The standard InChI is InChI=1S/C15H33N3O2S/c1-5-15(6-2,7-3)17-21(19,20)18-11-9-10-14(13-18)12-16-8-4/h14,16-17H,5-13H2,1-4H3. The molecule has 1 atom stereocenters. The zero-order valence-electron chi connectivity index (χ0n) is 14.1. The van der Waals surface area contributed by atoms with Crippen LogP contribution in [0.25, 0.3) is 0 Å². The van der Waals surface area contributed by atoms with E-state index >= 15 is 0 Å². The minimum Gasteiger partial charge on any atom is -0.317 e. The highest BCUT2D eigenvalue weighted by atomic mass is 32.2. The molecule has 1 heterocycles. The second-order valence-electron chi connectivity index (χ2n) is 6.12. The molecule has 5 nitrogen and oxygen atoms in total. The summed E-state index contributed by atoms with van der Waals surface area (Å²) >= 11 is 0. The van der Waals surface area contributed by atoms with Crippen LogP contribution in [0, 0.1) is 5.92 Å². The van der Waals surface area contributed by atoms with Crippen LogP contribution < -0.4 is 10.0 Å². The molecule has 6 heteroatoms. The Morgan fingerprint density at radius 1 is 1.14 bits per heavy atom. The van der Waals surface area contributed by atoms with E-state index < -0.39 is 10.2 Å². The molecule has 0 amide bonds. The fourth-order valence-corrected chi connectivity index (χ4v) is 4.95. The highest BCUT2D eigenvalue weighted by Gasteiger charge is 2.35. The first kappa shape index (κ1) is 18.9. The molecular formula is C15H33N3O2S. The van der Waals surface area contributed by atoms with Gasteiger partial charge in [0, 0.05) is 18.6 Å². The van der Waals surface area contributed by atoms with E-state index in [1.807, 2.05) is 0 Å². The smallest absolute Gasteiger partial charge is 0.279 e. The largest absolute Gasteiger partial charge is 0.317 e. The molecule has 1 aliphatic rings. The first-order valence-corrected chi connectivity index (χ1v) is 9.86. The third-order valence-electron chi connectivity index (χ3n) is 4.88. The molecule has 21 heavy (non-hydrogen) atoms. The van der Waals surface area contributed by atoms with Crippen LogP contribution in [0.5, 0.6) is 0 Å². The number of hydrogen-bond acceptors (Lipinski definition) is 3. The summed E-state index contributed by atoms with van der Waals surface area (Å²) in [7, 11) is -3.38. The van der Waals surface area contributed by atoms with Crippen molar-refractivity contribution in [2.24, 2.45) is 5.92 Å². The second-order valence-corrected chi connectivity index (χ2v) is 7.79. The van der Waals surface area contributed by atoms with E-state index in [-0.39, 0.29) is 5.54 Å². The van der Waals surface area contributed by atoms with Crippen LogP contribution in [0.4, 0.5) is 0 Å². The molecular weight excluding hydrogens is 286 g/mol. The van der Waals surface area contributed by atoms with Gasteiger partial charge < -0.3 is 5.32 Å². The lowest BCUT2D eigenvalue weighted by Crippen LogP contribution is -2.55. The molecule has 1 rings (SSSR count). The van der Waals surface area contributed by atoms with Gasteiger partial charge in [0.05, 0.1) is 0 Å². The Bertz CT molecular complexity index is 385. The minimum atomic E-state index is -3.38. The lowest BCUT2D eigenvalue weighted by molar-refractivity contribution is 0.248. The molecule has 1 fully saturated rings. The summed E-state index contributed by atoms with van der Waals surface area (Å²) in [6.45, 7) is 11.4. The van der Waals surface area contributed by atoms with Crippen molar-refractivity contribution in [3.63, 3.8) is 0 Å². The molecule has 0 aromatic carbocycles.